The quantitative estimate of drug-likeness (QED) is 0.511. The molecule has 0 aromatic heterocycles. The second-order valence-electron chi connectivity index (χ2n) is 5.33. The highest BCUT2D eigenvalue weighted by molar-refractivity contribution is 5.88. The monoisotopic (exact) mass is 272 g/mol. The molecular weight excluding hydrogens is 256 g/mol. The first-order chi connectivity index (χ1) is 10.3. The van der Waals surface area contributed by atoms with Crippen LogP contribution in [0, 0.1) is 0 Å². The minimum Gasteiger partial charge on any atom is -0.397 e. The molecule has 0 unspecified atom stereocenters. The van der Waals surface area contributed by atoms with Gasteiger partial charge in [0, 0.05) is 17.8 Å². The molecule has 0 aliphatic carbocycles. The fraction of sp³-hybridized carbons (Fsp3) is 0.0526. The number of benzene rings is 3. The maximum Gasteiger partial charge on any atom is 0.0691 e. The van der Waals surface area contributed by atoms with E-state index in [1.807, 2.05) is 18.2 Å². The summed E-state index contributed by atoms with van der Waals surface area (Å²) in [6.45, 7) is 0. The molecular formula is C19H16N2. The second kappa shape index (κ2) is 4.67. The van der Waals surface area contributed by atoms with Crippen molar-refractivity contribution in [3.05, 3.63) is 83.9 Å². The van der Waals surface area contributed by atoms with Crippen LogP contribution in [-0.2, 0) is 6.42 Å². The smallest absolute Gasteiger partial charge is 0.0691 e. The van der Waals surface area contributed by atoms with Gasteiger partial charge in [-0.2, -0.15) is 0 Å². The number of nitrogens with two attached hydrogens (primary N) is 1. The molecule has 21 heavy (non-hydrogen) atoms. The molecule has 102 valence electrons. The van der Waals surface area contributed by atoms with Crippen LogP contribution in [0.2, 0.25) is 0 Å². The van der Waals surface area contributed by atoms with Gasteiger partial charge in [-0.05, 0) is 35.4 Å². The van der Waals surface area contributed by atoms with Crippen molar-refractivity contribution >= 4 is 22.7 Å². The van der Waals surface area contributed by atoms with Gasteiger partial charge in [-0.1, -0.05) is 48.5 Å². The van der Waals surface area contributed by atoms with Crippen molar-refractivity contribution in [1.82, 2.24) is 0 Å². The topological polar surface area (TPSA) is 29.3 Å². The van der Waals surface area contributed by atoms with Gasteiger partial charge in [0.05, 0.1) is 11.4 Å². The SMILES string of the molecule is Nc1ccccc1N1c2ccccc2Cc2ccccc21. The maximum atomic E-state index is 6.22. The summed E-state index contributed by atoms with van der Waals surface area (Å²) in [5.74, 6) is 0. The Morgan fingerprint density at radius 2 is 1.10 bits per heavy atom. The molecule has 0 amide bonds. The summed E-state index contributed by atoms with van der Waals surface area (Å²) in [5.41, 5.74) is 13.2. The van der Waals surface area contributed by atoms with Crippen molar-refractivity contribution in [3.63, 3.8) is 0 Å². The van der Waals surface area contributed by atoms with E-state index in [0.717, 1.165) is 17.8 Å². The van der Waals surface area contributed by atoms with Crippen LogP contribution in [0.5, 0.6) is 0 Å². The summed E-state index contributed by atoms with van der Waals surface area (Å²) < 4.78 is 0. The molecule has 0 fully saturated rings. The number of hydrogen-bond acceptors (Lipinski definition) is 2. The molecule has 3 aromatic carbocycles. The van der Waals surface area contributed by atoms with E-state index in [0.29, 0.717) is 0 Å². The predicted octanol–water partition coefficient (Wildman–Crippen LogP) is 4.64. The van der Waals surface area contributed by atoms with Gasteiger partial charge in [-0.3, -0.25) is 0 Å². The second-order valence-corrected chi connectivity index (χ2v) is 5.33. The zero-order chi connectivity index (χ0) is 14.2. The van der Waals surface area contributed by atoms with Gasteiger partial charge in [-0.15, -0.1) is 0 Å². The summed E-state index contributed by atoms with van der Waals surface area (Å²) >= 11 is 0. The molecule has 2 nitrogen and oxygen atoms in total. The lowest BCUT2D eigenvalue weighted by Gasteiger charge is -2.34. The number of anilines is 4. The van der Waals surface area contributed by atoms with E-state index in [9.17, 15) is 0 Å². The van der Waals surface area contributed by atoms with Gasteiger partial charge < -0.3 is 10.6 Å². The minimum absolute atomic E-state index is 0.795. The summed E-state index contributed by atoms with van der Waals surface area (Å²) in [7, 11) is 0. The van der Waals surface area contributed by atoms with Crippen molar-refractivity contribution in [1.29, 1.82) is 0 Å². The predicted molar refractivity (Wildman–Crippen MR) is 88.3 cm³/mol. The molecule has 0 atom stereocenters. The van der Waals surface area contributed by atoms with E-state index >= 15 is 0 Å². The zero-order valence-electron chi connectivity index (χ0n) is 11.7. The molecule has 3 aromatic rings. The van der Waals surface area contributed by atoms with Gasteiger partial charge in [-0.25, -0.2) is 0 Å². The third-order valence-corrected chi connectivity index (χ3v) is 4.02. The van der Waals surface area contributed by atoms with Gasteiger partial charge in [0.15, 0.2) is 0 Å². The Morgan fingerprint density at radius 1 is 0.619 bits per heavy atom. The van der Waals surface area contributed by atoms with Crippen molar-refractivity contribution in [3.8, 4) is 0 Å². The van der Waals surface area contributed by atoms with Crippen LogP contribution >= 0.6 is 0 Å². The van der Waals surface area contributed by atoms with Crippen molar-refractivity contribution in [2.24, 2.45) is 0 Å². The summed E-state index contributed by atoms with van der Waals surface area (Å²) in [6.07, 6.45) is 0.968. The normalized spacial score (nSPS) is 12.7. The Kier molecular flexibility index (Phi) is 2.68. The van der Waals surface area contributed by atoms with Gasteiger partial charge in [0.25, 0.3) is 0 Å². The highest BCUT2D eigenvalue weighted by atomic mass is 15.2. The van der Waals surface area contributed by atoms with Gasteiger partial charge in [0.1, 0.15) is 0 Å². The van der Waals surface area contributed by atoms with Gasteiger partial charge in [0.2, 0.25) is 0 Å². The molecule has 0 bridgehead atoms. The third kappa shape index (κ3) is 1.88. The number of para-hydroxylation sites is 4. The van der Waals surface area contributed by atoms with Crippen LogP contribution in [0.1, 0.15) is 11.1 Å². The molecule has 1 heterocycles. The third-order valence-electron chi connectivity index (χ3n) is 4.02. The van der Waals surface area contributed by atoms with E-state index in [1.165, 1.54) is 22.5 Å². The molecule has 0 saturated heterocycles. The van der Waals surface area contributed by atoms with Crippen LogP contribution in [0.15, 0.2) is 72.8 Å². The lowest BCUT2D eigenvalue weighted by molar-refractivity contribution is 1.09. The zero-order valence-corrected chi connectivity index (χ0v) is 11.7. The standard InChI is InChI=1S/C19H16N2/c20-16-9-3-6-12-19(16)21-17-10-4-1-7-14(17)13-15-8-2-5-11-18(15)21/h1-12H,13,20H2. The van der Waals surface area contributed by atoms with Crippen molar-refractivity contribution < 1.29 is 0 Å². The van der Waals surface area contributed by atoms with Crippen LogP contribution < -0.4 is 10.6 Å². The van der Waals surface area contributed by atoms with Crippen LogP contribution in [0.4, 0.5) is 22.7 Å². The minimum atomic E-state index is 0.795. The molecule has 0 radical (unpaired) electrons. The molecule has 1 aliphatic rings. The molecule has 0 saturated carbocycles. The summed E-state index contributed by atoms with van der Waals surface area (Å²) in [6, 6.07) is 25.1. The van der Waals surface area contributed by atoms with Crippen LogP contribution in [0.25, 0.3) is 0 Å². The van der Waals surface area contributed by atoms with E-state index in [1.54, 1.807) is 0 Å². The summed E-state index contributed by atoms with van der Waals surface area (Å²) in [4.78, 5) is 2.27. The Hall–Kier alpha value is -2.74. The van der Waals surface area contributed by atoms with Crippen LogP contribution in [-0.4, -0.2) is 0 Å². The fourth-order valence-electron chi connectivity index (χ4n) is 3.04. The highest BCUT2D eigenvalue weighted by Crippen LogP contribution is 2.45. The number of rotatable bonds is 1. The van der Waals surface area contributed by atoms with E-state index in [4.69, 9.17) is 5.73 Å². The highest BCUT2D eigenvalue weighted by Gasteiger charge is 2.24. The first-order valence-corrected chi connectivity index (χ1v) is 7.15. The maximum absolute atomic E-state index is 6.22. The molecule has 1 aliphatic heterocycles. The van der Waals surface area contributed by atoms with Crippen molar-refractivity contribution in [2.45, 2.75) is 6.42 Å². The van der Waals surface area contributed by atoms with E-state index < -0.39 is 0 Å². The summed E-state index contributed by atoms with van der Waals surface area (Å²) in [5, 5.41) is 0. The first kappa shape index (κ1) is 12.0. The van der Waals surface area contributed by atoms with Crippen LogP contribution in [0.3, 0.4) is 0 Å². The molecule has 2 heteroatoms. The van der Waals surface area contributed by atoms with Crippen molar-refractivity contribution in [2.75, 3.05) is 10.6 Å². The number of fused-ring (bicyclic) bond motifs is 2. The lowest BCUT2D eigenvalue weighted by Crippen LogP contribution is -2.19. The van der Waals surface area contributed by atoms with E-state index in [2.05, 4.69) is 59.5 Å². The molecule has 0 spiro atoms. The Labute approximate surface area is 124 Å². The van der Waals surface area contributed by atoms with E-state index in [-0.39, 0.29) is 0 Å². The van der Waals surface area contributed by atoms with Gasteiger partial charge >= 0.3 is 0 Å². The molecule has 2 N–H and O–H groups in total. The number of nitrogens with zero attached hydrogens (tertiary/aromatic N) is 1. The first-order valence-electron chi connectivity index (χ1n) is 7.15. The Morgan fingerprint density at radius 3 is 1.67 bits per heavy atom. The largest absolute Gasteiger partial charge is 0.397 e. The number of nitrogen functional groups attached to an aromatic ring is 1. The molecule has 4 rings (SSSR count). The Balaban J connectivity index is 2.00. The Bertz CT molecular complexity index is 747. The number of hydrogen-bond donors (Lipinski definition) is 1. The average Bonchev–Trinajstić information content (AvgIpc) is 2.53. The fourth-order valence-corrected chi connectivity index (χ4v) is 3.04. The average molecular weight is 272 g/mol. The lowest BCUT2D eigenvalue weighted by atomic mass is 9.95.